The van der Waals surface area contributed by atoms with E-state index in [0.717, 1.165) is 6.20 Å². The van der Waals surface area contributed by atoms with Crippen LogP contribution >= 0.6 is 0 Å². The second-order valence-electron chi connectivity index (χ2n) is 7.21. The zero-order valence-corrected chi connectivity index (χ0v) is 17.0. The lowest BCUT2D eigenvalue weighted by Gasteiger charge is -2.25. The second kappa shape index (κ2) is 8.16. The first-order chi connectivity index (χ1) is 14.9. The number of fused-ring (bicyclic) bond motifs is 3. The number of hydrogen-bond acceptors (Lipinski definition) is 8. The SMILES string of the molecule is C=C1C(=N/C=C(\C)F)OC[C@@H](C)NC(=O)c2c(C#N)nn3ccc(nc23)N2OCC[C@@H]12. The van der Waals surface area contributed by atoms with Gasteiger partial charge < -0.3 is 10.1 Å². The number of hydrogen-bond donors (Lipinski definition) is 1. The summed E-state index contributed by atoms with van der Waals surface area (Å²) in [6.07, 6.45) is 3.22. The topological polar surface area (TPSA) is 117 Å². The van der Waals surface area contributed by atoms with Crippen molar-refractivity contribution in [2.24, 2.45) is 4.99 Å². The van der Waals surface area contributed by atoms with Crippen molar-refractivity contribution in [3.05, 3.63) is 47.7 Å². The molecule has 2 atom stereocenters. The summed E-state index contributed by atoms with van der Waals surface area (Å²) >= 11 is 0. The number of rotatable bonds is 1. The smallest absolute Gasteiger partial charge is 0.258 e. The van der Waals surface area contributed by atoms with Crippen LogP contribution in [0.1, 0.15) is 36.3 Å². The Labute approximate surface area is 177 Å². The second-order valence-corrected chi connectivity index (χ2v) is 7.21. The van der Waals surface area contributed by atoms with Crippen molar-refractivity contribution < 1.29 is 18.8 Å². The highest BCUT2D eigenvalue weighted by Gasteiger charge is 2.34. The Bertz CT molecular complexity index is 1160. The molecular formula is C20H20FN7O3. The van der Waals surface area contributed by atoms with Gasteiger partial charge in [0.1, 0.15) is 24.1 Å². The lowest BCUT2D eigenvalue weighted by molar-refractivity contribution is 0.0926. The third-order valence-electron chi connectivity index (χ3n) is 4.82. The number of halogens is 1. The Morgan fingerprint density at radius 2 is 2.35 bits per heavy atom. The van der Waals surface area contributed by atoms with Gasteiger partial charge in [0.25, 0.3) is 5.91 Å². The molecule has 0 aromatic carbocycles. The summed E-state index contributed by atoms with van der Waals surface area (Å²) in [5.41, 5.74) is 0.735. The summed E-state index contributed by atoms with van der Waals surface area (Å²) in [6.45, 7) is 7.55. The summed E-state index contributed by atoms with van der Waals surface area (Å²) in [5, 5.41) is 17.9. The van der Waals surface area contributed by atoms with Crippen molar-refractivity contribution in [1.29, 1.82) is 5.26 Å². The fraction of sp³-hybridized carbons (Fsp3) is 0.350. The molecule has 0 unspecified atom stereocenters. The molecule has 0 spiro atoms. The maximum Gasteiger partial charge on any atom is 0.258 e. The molecule has 160 valence electrons. The molecule has 1 amide bonds. The van der Waals surface area contributed by atoms with E-state index in [1.165, 1.54) is 11.4 Å². The van der Waals surface area contributed by atoms with Gasteiger partial charge in [0.05, 0.1) is 24.9 Å². The molecule has 2 bridgehead atoms. The van der Waals surface area contributed by atoms with Crippen LogP contribution in [0.2, 0.25) is 0 Å². The zero-order valence-electron chi connectivity index (χ0n) is 17.0. The molecule has 4 rings (SSSR count). The van der Waals surface area contributed by atoms with E-state index in [1.807, 2.05) is 6.07 Å². The van der Waals surface area contributed by atoms with E-state index in [1.54, 1.807) is 24.3 Å². The molecule has 2 aromatic heterocycles. The number of ether oxygens (including phenoxy) is 1. The van der Waals surface area contributed by atoms with Gasteiger partial charge in [-0.1, -0.05) is 6.58 Å². The highest BCUT2D eigenvalue weighted by molar-refractivity contribution is 6.02. The van der Waals surface area contributed by atoms with E-state index in [0.29, 0.717) is 24.4 Å². The monoisotopic (exact) mass is 425 g/mol. The number of hydroxylamine groups is 1. The van der Waals surface area contributed by atoms with Crippen LogP contribution in [-0.4, -0.2) is 51.7 Å². The maximum absolute atomic E-state index is 13.3. The van der Waals surface area contributed by atoms with Gasteiger partial charge in [0.2, 0.25) is 5.90 Å². The summed E-state index contributed by atoms with van der Waals surface area (Å²) in [6, 6.07) is 2.76. The molecule has 11 heteroatoms. The van der Waals surface area contributed by atoms with Crippen molar-refractivity contribution in [1.82, 2.24) is 19.9 Å². The van der Waals surface area contributed by atoms with E-state index in [9.17, 15) is 14.4 Å². The number of amides is 1. The van der Waals surface area contributed by atoms with Gasteiger partial charge in [0, 0.05) is 24.3 Å². The largest absolute Gasteiger partial charge is 0.475 e. The van der Waals surface area contributed by atoms with Crippen molar-refractivity contribution in [2.75, 3.05) is 18.3 Å². The van der Waals surface area contributed by atoms with Crippen LogP contribution in [0.4, 0.5) is 10.2 Å². The normalized spacial score (nSPS) is 23.6. The molecule has 1 N–H and O–H groups in total. The van der Waals surface area contributed by atoms with Crippen molar-refractivity contribution in [3.63, 3.8) is 0 Å². The average Bonchev–Trinajstić information content (AvgIpc) is 3.36. The lowest BCUT2D eigenvalue weighted by Crippen LogP contribution is -2.38. The molecule has 0 radical (unpaired) electrons. The van der Waals surface area contributed by atoms with Crippen LogP contribution < -0.4 is 10.4 Å². The molecule has 2 aliphatic heterocycles. The third kappa shape index (κ3) is 3.85. The van der Waals surface area contributed by atoms with E-state index in [2.05, 4.69) is 27.0 Å². The van der Waals surface area contributed by atoms with Gasteiger partial charge in [-0.2, -0.15) is 10.4 Å². The first-order valence-electron chi connectivity index (χ1n) is 9.63. The first-order valence-corrected chi connectivity index (χ1v) is 9.63. The summed E-state index contributed by atoms with van der Waals surface area (Å²) < 4.78 is 20.5. The van der Waals surface area contributed by atoms with Crippen LogP contribution in [0.15, 0.2) is 41.4 Å². The number of nitrogens with one attached hydrogen (secondary N) is 1. The number of carbonyl (C=O) groups is 1. The van der Waals surface area contributed by atoms with Crippen molar-refractivity contribution in [2.45, 2.75) is 32.4 Å². The Morgan fingerprint density at radius 1 is 1.55 bits per heavy atom. The van der Waals surface area contributed by atoms with Gasteiger partial charge in [-0.3, -0.25) is 9.63 Å². The molecule has 1 saturated heterocycles. The summed E-state index contributed by atoms with van der Waals surface area (Å²) in [7, 11) is 0. The number of carbonyl (C=O) groups excluding carboxylic acids is 1. The number of nitriles is 1. The predicted molar refractivity (Wildman–Crippen MR) is 109 cm³/mol. The van der Waals surface area contributed by atoms with E-state index < -0.39 is 17.8 Å². The van der Waals surface area contributed by atoms with Crippen LogP contribution in [0, 0.1) is 11.3 Å². The molecule has 0 saturated carbocycles. The zero-order chi connectivity index (χ0) is 22.1. The Morgan fingerprint density at radius 3 is 3.10 bits per heavy atom. The predicted octanol–water partition coefficient (Wildman–Crippen LogP) is 2.05. The van der Waals surface area contributed by atoms with E-state index in [-0.39, 0.29) is 35.5 Å². The highest BCUT2D eigenvalue weighted by atomic mass is 19.1. The Balaban J connectivity index is 1.85. The van der Waals surface area contributed by atoms with Crippen LogP contribution in [0.5, 0.6) is 0 Å². The average molecular weight is 425 g/mol. The van der Waals surface area contributed by atoms with Crippen molar-refractivity contribution >= 4 is 23.3 Å². The first kappa shape index (κ1) is 20.5. The molecule has 2 aromatic rings. The highest BCUT2D eigenvalue weighted by Crippen LogP contribution is 2.29. The van der Waals surface area contributed by atoms with Gasteiger partial charge in [-0.25, -0.2) is 23.9 Å². The minimum atomic E-state index is -0.512. The quantitative estimate of drug-likeness (QED) is 0.743. The van der Waals surface area contributed by atoms with Crippen molar-refractivity contribution in [3.8, 4) is 6.07 Å². The number of aromatic nitrogens is 3. The van der Waals surface area contributed by atoms with Crippen LogP contribution in [0.25, 0.3) is 5.65 Å². The maximum atomic E-state index is 13.3. The molecule has 31 heavy (non-hydrogen) atoms. The fourth-order valence-electron chi connectivity index (χ4n) is 3.39. The standard InChI is InChI=1S/C20H20FN7O3/c1-11(21)9-23-20-13(3)15-5-7-31-28(15)16-4-6-27-18(25-16)17(14(8-22)26-27)19(29)24-12(2)10-30-20/h4,6,9,12,15H,3,5,7,10H2,1-2H3,(H,24,29)/b11-9+,23-20?/t12-,15+/m1/s1. The lowest BCUT2D eigenvalue weighted by atomic mass is 10.1. The molecule has 10 nitrogen and oxygen atoms in total. The van der Waals surface area contributed by atoms with Gasteiger partial charge in [-0.05, 0) is 13.8 Å². The minimum absolute atomic E-state index is 0.0424. The molecular weight excluding hydrogens is 405 g/mol. The molecule has 0 aliphatic carbocycles. The van der Waals surface area contributed by atoms with Gasteiger partial charge in [0.15, 0.2) is 17.2 Å². The third-order valence-corrected chi connectivity index (χ3v) is 4.82. The van der Waals surface area contributed by atoms with Crippen LogP contribution in [-0.2, 0) is 9.57 Å². The number of nitrogens with zero attached hydrogens (tertiary/aromatic N) is 6. The number of anilines is 1. The Hall–Kier alpha value is -3.78. The minimum Gasteiger partial charge on any atom is -0.475 e. The van der Waals surface area contributed by atoms with Gasteiger partial charge >= 0.3 is 0 Å². The number of aliphatic imine (C=N–C) groups is 1. The van der Waals surface area contributed by atoms with Crippen LogP contribution in [0.3, 0.4) is 0 Å². The molecule has 2 aliphatic rings. The Kier molecular flexibility index (Phi) is 5.39. The molecule has 1 fully saturated rings. The van der Waals surface area contributed by atoms with Gasteiger partial charge in [-0.15, -0.1) is 0 Å². The molecule has 4 heterocycles. The van der Waals surface area contributed by atoms with E-state index >= 15 is 0 Å². The fourth-order valence-corrected chi connectivity index (χ4v) is 3.39. The summed E-state index contributed by atoms with van der Waals surface area (Å²) in [4.78, 5) is 27.3. The summed E-state index contributed by atoms with van der Waals surface area (Å²) in [5.74, 6) is -0.461. The number of allylic oxidation sites excluding steroid dienone is 1. The van der Waals surface area contributed by atoms with E-state index in [4.69, 9.17) is 9.57 Å².